The molecule has 0 unspecified atom stereocenters. The van der Waals surface area contributed by atoms with Crippen LogP contribution in [0.3, 0.4) is 0 Å². The minimum absolute atomic E-state index is 0.492. The molecule has 0 aliphatic heterocycles. The Balaban J connectivity index is 1.71. The number of hydrogen-bond donors (Lipinski definition) is 2. The average Bonchev–Trinajstić information content (AvgIpc) is 3.23. The molecule has 1 aromatic carbocycles. The van der Waals surface area contributed by atoms with Gasteiger partial charge in [0.25, 0.3) is 0 Å². The molecule has 2 N–H and O–H groups in total. The van der Waals surface area contributed by atoms with E-state index in [2.05, 4.69) is 33.2 Å². The maximum absolute atomic E-state index is 5.34. The Morgan fingerprint density at radius 1 is 1.04 bits per heavy atom. The number of nitrogens with zero attached hydrogens (tertiary/aromatic N) is 1. The van der Waals surface area contributed by atoms with Gasteiger partial charge in [-0.15, -0.1) is 0 Å². The largest absolute Gasteiger partial charge is 0.497 e. The predicted molar refractivity (Wildman–Crippen MR) is 112 cm³/mol. The van der Waals surface area contributed by atoms with Crippen molar-refractivity contribution < 1.29 is 9.47 Å². The minimum Gasteiger partial charge on any atom is -0.497 e. The third-order valence-electron chi connectivity index (χ3n) is 5.23. The third-order valence-corrected chi connectivity index (χ3v) is 5.23. The zero-order valence-electron chi connectivity index (χ0n) is 16.3. The van der Waals surface area contributed by atoms with Crippen molar-refractivity contribution in [1.82, 2.24) is 9.97 Å². The Morgan fingerprint density at radius 3 is 2.50 bits per heavy atom. The number of ether oxygens (including phenoxy) is 2. The van der Waals surface area contributed by atoms with Crippen molar-refractivity contribution in [2.75, 3.05) is 19.5 Å². The van der Waals surface area contributed by atoms with Crippen LogP contribution >= 0.6 is 0 Å². The van der Waals surface area contributed by atoms with Gasteiger partial charge in [0.05, 0.1) is 25.5 Å². The van der Waals surface area contributed by atoms with Gasteiger partial charge in [-0.25, -0.2) is 4.98 Å². The van der Waals surface area contributed by atoms with Crippen LogP contribution in [0.25, 0.3) is 11.0 Å². The summed E-state index contributed by atoms with van der Waals surface area (Å²) >= 11 is 0. The first kappa shape index (κ1) is 18.2. The highest BCUT2D eigenvalue weighted by molar-refractivity contribution is 5.92. The fourth-order valence-corrected chi connectivity index (χ4v) is 3.73. The lowest BCUT2D eigenvalue weighted by atomic mass is 9.95. The van der Waals surface area contributed by atoms with Crippen LogP contribution in [0, 0.1) is 11.8 Å². The summed E-state index contributed by atoms with van der Waals surface area (Å²) in [5.74, 6) is 8.00. The number of fused-ring (bicyclic) bond motifs is 1. The summed E-state index contributed by atoms with van der Waals surface area (Å²) in [4.78, 5) is 7.72. The molecule has 1 fully saturated rings. The van der Waals surface area contributed by atoms with Crippen LogP contribution < -0.4 is 14.8 Å². The van der Waals surface area contributed by atoms with Crippen LogP contribution in [-0.4, -0.2) is 30.2 Å². The Bertz CT molecular complexity index is 1000. The number of aromatic nitrogens is 2. The van der Waals surface area contributed by atoms with Crippen molar-refractivity contribution in [1.29, 1.82) is 0 Å². The highest BCUT2D eigenvalue weighted by atomic mass is 16.5. The van der Waals surface area contributed by atoms with Gasteiger partial charge in [-0.2, -0.15) is 0 Å². The van der Waals surface area contributed by atoms with E-state index in [4.69, 9.17) is 9.47 Å². The molecule has 2 heterocycles. The molecule has 3 aromatic rings. The Kier molecular flexibility index (Phi) is 5.38. The molecule has 1 aliphatic rings. The molecule has 0 atom stereocenters. The number of pyridine rings is 1. The van der Waals surface area contributed by atoms with Crippen LogP contribution in [0.1, 0.15) is 43.2 Å². The van der Waals surface area contributed by atoms with Crippen molar-refractivity contribution in [3.05, 3.63) is 47.8 Å². The molecule has 144 valence electrons. The van der Waals surface area contributed by atoms with Gasteiger partial charge >= 0.3 is 0 Å². The van der Waals surface area contributed by atoms with Crippen molar-refractivity contribution >= 4 is 16.7 Å². The highest BCUT2D eigenvalue weighted by Gasteiger charge is 2.16. The van der Waals surface area contributed by atoms with Gasteiger partial charge in [0.2, 0.25) is 0 Å². The smallest absolute Gasteiger partial charge is 0.139 e. The van der Waals surface area contributed by atoms with Gasteiger partial charge in [0, 0.05) is 35.5 Å². The molecular weight excluding hydrogens is 350 g/mol. The Labute approximate surface area is 165 Å². The number of H-pyrrole nitrogens is 1. The van der Waals surface area contributed by atoms with Crippen LogP contribution in [0.2, 0.25) is 0 Å². The summed E-state index contributed by atoms with van der Waals surface area (Å²) in [6.45, 7) is 0. The molecule has 0 saturated heterocycles. The predicted octanol–water partition coefficient (Wildman–Crippen LogP) is 4.72. The highest BCUT2D eigenvalue weighted by Crippen LogP contribution is 2.29. The van der Waals surface area contributed by atoms with E-state index < -0.39 is 0 Å². The maximum Gasteiger partial charge on any atom is 0.139 e. The number of rotatable bonds is 4. The van der Waals surface area contributed by atoms with Gasteiger partial charge in [0.1, 0.15) is 17.1 Å². The van der Waals surface area contributed by atoms with Crippen LogP contribution in [0.4, 0.5) is 5.69 Å². The van der Waals surface area contributed by atoms with Gasteiger partial charge < -0.3 is 19.8 Å². The van der Waals surface area contributed by atoms with Crippen LogP contribution in [0.15, 0.2) is 36.7 Å². The third kappa shape index (κ3) is 3.91. The van der Waals surface area contributed by atoms with Crippen LogP contribution in [0.5, 0.6) is 11.5 Å². The zero-order chi connectivity index (χ0) is 19.3. The Morgan fingerprint density at radius 2 is 1.79 bits per heavy atom. The van der Waals surface area contributed by atoms with E-state index in [-0.39, 0.29) is 0 Å². The van der Waals surface area contributed by atoms with Gasteiger partial charge in [-0.1, -0.05) is 31.1 Å². The van der Waals surface area contributed by atoms with Crippen molar-refractivity contribution in [3.63, 3.8) is 0 Å². The number of anilines is 1. The van der Waals surface area contributed by atoms with E-state index in [0.29, 0.717) is 6.04 Å². The van der Waals surface area contributed by atoms with Crippen LogP contribution in [-0.2, 0) is 0 Å². The first-order valence-electron chi connectivity index (χ1n) is 9.74. The summed E-state index contributed by atoms with van der Waals surface area (Å²) in [7, 11) is 3.28. The first-order chi connectivity index (χ1) is 13.8. The molecular formula is C23H25N3O2. The van der Waals surface area contributed by atoms with Crippen molar-refractivity contribution in [3.8, 4) is 23.3 Å². The van der Waals surface area contributed by atoms with E-state index >= 15 is 0 Å². The molecule has 1 saturated carbocycles. The summed E-state index contributed by atoms with van der Waals surface area (Å²) in [6.07, 6.45) is 10.1. The molecule has 0 bridgehead atoms. The molecule has 5 nitrogen and oxygen atoms in total. The molecule has 5 heteroatoms. The quantitative estimate of drug-likeness (QED) is 0.648. The van der Waals surface area contributed by atoms with Gasteiger partial charge in [-0.3, -0.25) is 0 Å². The van der Waals surface area contributed by atoms with Crippen molar-refractivity contribution in [2.24, 2.45) is 0 Å². The number of nitrogens with one attached hydrogen (secondary N) is 2. The summed E-state index contributed by atoms with van der Waals surface area (Å²) < 4.78 is 10.7. The van der Waals surface area contributed by atoms with Gasteiger partial charge in [0.15, 0.2) is 0 Å². The normalized spacial score (nSPS) is 14.4. The molecule has 2 aromatic heterocycles. The number of hydrogen-bond acceptors (Lipinski definition) is 4. The maximum atomic E-state index is 5.34. The standard InChI is InChI=1S/C23H25N3O2/c1-27-19-12-16(13-20(14-19)28-2)8-9-17-15-25-23-21(10-11-24-23)22(17)26-18-6-4-3-5-7-18/h10-15,18H,3-7H2,1-2H3,(H2,24,25,26). The molecule has 0 radical (unpaired) electrons. The Hall–Kier alpha value is -3.13. The second-order valence-electron chi connectivity index (χ2n) is 7.12. The summed E-state index contributed by atoms with van der Waals surface area (Å²) in [6, 6.07) is 8.21. The number of aromatic amines is 1. The lowest BCUT2D eigenvalue weighted by molar-refractivity contribution is 0.394. The SMILES string of the molecule is COc1cc(C#Cc2cnc3[nH]ccc3c2NC2CCCCC2)cc(OC)c1. The van der Waals surface area contributed by atoms with Crippen molar-refractivity contribution in [2.45, 2.75) is 38.1 Å². The average molecular weight is 375 g/mol. The number of benzene rings is 1. The topological polar surface area (TPSA) is 59.2 Å². The second-order valence-corrected chi connectivity index (χ2v) is 7.12. The molecule has 0 spiro atoms. The molecule has 4 rings (SSSR count). The zero-order valence-corrected chi connectivity index (χ0v) is 16.3. The second kappa shape index (κ2) is 8.26. The van der Waals surface area contributed by atoms with E-state index in [9.17, 15) is 0 Å². The monoisotopic (exact) mass is 375 g/mol. The van der Waals surface area contributed by atoms with E-state index in [1.807, 2.05) is 30.6 Å². The fourth-order valence-electron chi connectivity index (χ4n) is 3.73. The molecule has 1 aliphatic carbocycles. The van der Waals surface area contributed by atoms with E-state index in [0.717, 1.165) is 39.3 Å². The molecule has 0 amide bonds. The molecule has 28 heavy (non-hydrogen) atoms. The van der Waals surface area contributed by atoms with Gasteiger partial charge in [-0.05, 0) is 31.0 Å². The minimum atomic E-state index is 0.492. The lowest BCUT2D eigenvalue weighted by Crippen LogP contribution is -2.22. The summed E-state index contributed by atoms with van der Waals surface area (Å²) in [5.41, 5.74) is 3.70. The summed E-state index contributed by atoms with van der Waals surface area (Å²) in [5, 5.41) is 4.83. The number of methoxy groups -OCH3 is 2. The lowest BCUT2D eigenvalue weighted by Gasteiger charge is -2.24. The van der Waals surface area contributed by atoms with E-state index in [1.54, 1.807) is 14.2 Å². The first-order valence-corrected chi connectivity index (χ1v) is 9.74. The fraction of sp³-hybridized carbons (Fsp3) is 0.348. The van der Waals surface area contributed by atoms with E-state index in [1.165, 1.54) is 32.1 Å².